The van der Waals surface area contributed by atoms with Gasteiger partial charge in [0.05, 0.1) is 25.4 Å². The highest BCUT2D eigenvalue weighted by Gasteiger charge is 2.44. The Balaban J connectivity index is 2.08. The molecule has 410 valence electrons. The fourth-order valence-electron chi connectivity index (χ4n) is 10.0. The van der Waals surface area contributed by atoms with Gasteiger partial charge in [-0.25, -0.2) is 0 Å². The number of carbonyl (C=O) groups is 1. The number of unbranched alkanes of at least 4 members (excludes halogenated alkanes) is 41. The fraction of sp³-hybridized carbons (Fsp3) is 0.950. The van der Waals surface area contributed by atoms with E-state index in [4.69, 9.17) is 9.47 Å². The number of hydrogen-bond donors (Lipinski definition) is 6. The van der Waals surface area contributed by atoms with Gasteiger partial charge >= 0.3 is 0 Å². The molecule has 9 nitrogen and oxygen atoms in total. The molecule has 0 aromatic carbocycles. The van der Waals surface area contributed by atoms with Crippen molar-refractivity contribution in [1.82, 2.24) is 5.32 Å². The molecule has 6 N–H and O–H groups in total. The number of nitrogens with one attached hydrogen (secondary N) is 1. The molecule has 0 saturated carbocycles. The quantitative estimate of drug-likeness (QED) is 0.0261. The van der Waals surface area contributed by atoms with Crippen LogP contribution in [-0.4, -0.2) is 87.5 Å². The Kier molecular flexibility index (Phi) is 48.2. The number of rotatable bonds is 53. The second-order valence-corrected chi connectivity index (χ2v) is 21.5. The highest BCUT2D eigenvalue weighted by molar-refractivity contribution is 5.76. The van der Waals surface area contributed by atoms with Gasteiger partial charge in [-0.05, 0) is 38.5 Å². The topological polar surface area (TPSA) is 149 Å². The van der Waals surface area contributed by atoms with Crippen molar-refractivity contribution in [1.29, 1.82) is 0 Å². The summed E-state index contributed by atoms with van der Waals surface area (Å²) in [7, 11) is 0. The van der Waals surface area contributed by atoms with Crippen LogP contribution in [0.15, 0.2) is 12.2 Å². The summed E-state index contributed by atoms with van der Waals surface area (Å²) < 4.78 is 11.3. The first-order chi connectivity index (χ1) is 33.8. The molecule has 1 amide bonds. The molecule has 0 spiro atoms. The van der Waals surface area contributed by atoms with E-state index in [-0.39, 0.29) is 12.5 Å². The molecule has 1 heterocycles. The Morgan fingerprint density at radius 1 is 0.478 bits per heavy atom. The molecule has 0 aromatic heterocycles. The highest BCUT2D eigenvalue weighted by Crippen LogP contribution is 2.23. The van der Waals surface area contributed by atoms with E-state index in [2.05, 4.69) is 31.3 Å². The van der Waals surface area contributed by atoms with Crippen LogP contribution in [0.2, 0.25) is 0 Å². The van der Waals surface area contributed by atoms with E-state index >= 15 is 0 Å². The third kappa shape index (κ3) is 40.1. The number of hydrogen-bond acceptors (Lipinski definition) is 8. The summed E-state index contributed by atoms with van der Waals surface area (Å²) in [5.41, 5.74) is 0. The minimum atomic E-state index is -1.55. The maximum absolute atomic E-state index is 13.0. The lowest BCUT2D eigenvalue weighted by molar-refractivity contribution is -0.302. The Morgan fingerprint density at radius 2 is 0.812 bits per heavy atom. The zero-order chi connectivity index (χ0) is 50.1. The second-order valence-electron chi connectivity index (χ2n) is 21.5. The summed E-state index contributed by atoms with van der Waals surface area (Å²) in [6.07, 6.45) is 55.6. The van der Waals surface area contributed by atoms with Crippen molar-refractivity contribution < 1.29 is 39.8 Å². The van der Waals surface area contributed by atoms with Gasteiger partial charge in [0.2, 0.25) is 5.91 Å². The first-order valence-corrected chi connectivity index (χ1v) is 30.4. The highest BCUT2D eigenvalue weighted by atomic mass is 16.7. The first-order valence-electron chi connectivity index (χ1n) is 30.4. The van der Waals surface area contributed by atoms with Crippen molar-refractivity contribution in [3.05, 3.63) is 12.2 Å². The molecule has 1 fully saturated rings. The van der Waals surface area contributed by atoms with Crippen molar-refractivity contribution >= 4 is 5.91 Å². The summed E-state index contributed by atoms with van der Waals surface area (Å²) >= 11 is 0. The predicted molar refractivity (Wildman–Crippen MR) is 291 cm³/mol. The predicted octanol–water partition coefficient (Wildman–Crippen LogP) is 15.2. The molecular weight excluding hydrogens is 863 g/mol. The molecule has 0 radical (unpaired) electrons. The largest absolute Gasteiger partial charge is 0.394 e. The molecule has 69 heavy (non-hydrogen) atoms. The van der Waals surface area contributed by atoms with Crippen LogP contribution in [0.4, 0.5) is 0 Å². The maximum atomic E-state index is 13.0. The zero-order valence-corrected chi connectivity index (χ0v) is 45.6. The van der Waals surface area contributed by atoms with Gasteiger partial charge in [-0.3, -0.25) is 4.79 Å². The van der Waals surface area contributed by atoms with Crippen LogP contribution < -0.4 is 5.32 Å². The lowest BCUT2D eigenvalue weighted by Gasteiger charge is -2.40. The van der Waals surface area contributed by atoms with Crippen LogP contribution in [0.5, 0.6) is 0 Å². The fourth-order valence-corrected chi connectivity index (χ4v) is 10.0. The van der Waals surface area contributed by atoms with E-state index in [1.807, 2.05) is 0 Å². The molecule has 0 aromatic rings. The van der Waals surface area contributed by atoms with Crippen LogP contribution in [-0.2, 0) is 14.3 Å². The maximum Gasteiger partial charge on any atom is 0.220 e. The van der Waals surface area contributed by atoms with Crippen molar-refractivity contribution in [2.75, 3.05) is 13.2 Å². The number of amides is 1. The summed E-state index contributed by atoms with van der Waals surface area (Å²) in [5, 5.41) is 54.6. The SMILES string of the molecule is CCCCCC/C=C\CCCCCCCC(=O)NC(COC1OC(CO)C(O)C(O)C1O)C(O)CCCCCCCCCCCCCCCCCCCCCCCCCCCCCCCCCCC. The van der Waals surface area contributed by atoms with E-state index in [0.717, 1.165) is 51.4 Å². The van der Waals surface area contributed by atoms with E-state index in [9.17, 15) is 30.3 Å². The minimum Gasteiger partial charge on any atom is -0.394 e. The van der Waals surface area contributed by atoms with Crippen molar-refractivity contribution in [3.63, 3.8) is 0 Å². The van der Waals surface area contributed by atoms with Gasteiger partial charge in [-0.15, -0.1) is 0 Å². The summed E-state index contributed by atoms with van der Waals surface area (Å²) in [6.45, 7) is 3.85. The monoisotopic (exact) mass is 980 g/mol. The summed E-state index contributed by atoms with van der Waals surface area (Å²) in [4.78, 5) is 13.0. The van der Waals surface area contributed by atoms with Crippen LogP contribution >= 0.6 is 0 Å². The lowest BCUT2D eigenvalue weighted by Crippen LogP contribution is -2.60. The molecule has 0 bridgehead atoms. The molecule has 7 unspecified atom stereocenters. The number of allylic oxidation sites excluding steroid dienone is 2. The normalized spacial score (nSPS) is 19.4. The summed E-state index contributed by atoms with van der Waals surface area (Å²) in [5.74, 6) is -0.149. The number of carbonyl (C=O) groups excluding carboxylic acids is 1. The smallest absolute Gasteiger partial charge is 0.220 e. The lowest BCUT2D eigenvalue weighted by atomic mass is 9.99. The van der Waals surface area contributed by atoms with E-state index in [1.165, 1.54) is 231 Å². The van der Waals surface area contributed by atoms with Crippen molar-refractivity contribution in [2.24, 2.45) is 0 Å². The van der Waals surface area contributed by atoms with Gasteiger partial charge in [0.15, 0.2) is 6.29 Å². The molecular formula is C60H117NO8. The van der Waals surface area contributed by atoms with Crippen molar-refractivity contribution in [3.8, 4) is 0 Å². The molecule has 1 aliphatic heterocycles. The van der Waals surface area contributed by atoms with Crippen molar-refractivity contribution in [2.45, 2.75) is 352 Å². The van der Waals surface area contributed by atoms with Gasteiger partial charge < -0.3 is 40.3 Å². The van der Waals surface area contributed by atoms with Crippen LogP contribution in [0, 0.1) is 0 Å². The van der Waals surface area contributed by atoms with E-state index in [1.54, 1.807) is 0 Å². The van der Waals surface area contributed by atoms with Crippen LogP contribution in [0.1, 0.15) is 309 Å². The van der Waals surface area contributed by atoms with Crippen LogP contribution in [0.3, 0.4) is 0 Å². The van der Waals surface area contributed by atoms with E-state index < -0.39 is 49.5 Å². The Labute approximate surface area is 426 Å². The van der Waals surface area contributed by atoms with Gasteiger partial charge in [-0.1, -0.05) is 276 Å². The average Bonchev–Trinajstić information content (AvgIpc) is 3.35. The first kappa shape index (κ1) is 65.9. The number of aliphatic hydroxyl groups is 5. The zero-order valence-electron chi connectivity index (χ0n) is 45.6. The van der Waals surface area contributed by atoms with Gasteiger partial charge in [-0.2, -0.15) is 0 Å². The van der Waals surface area contributed by atoms with E-state index in [0.29, 0.717) is 12.8 Å². The molecule has 7 atom stereocenters. The standard InChI is InChI=1S/C60H117NO8/c1-3-5-7-9-11-13-15-17-18-19-20-21-22-23-24-25-26-27-28-29-30-31-32-33-34-35-36-38-39-41-43-45-47-49-54(63)53(52-68-60-59(67)58(66)57(65)55(51-62)69-60)61-56(64)50-48-46-44-42-40-37-16-14-12-10-8-6-4-2/h14,16,53-55,57-60,62-63,65-67H,3-13,15,17-52H2,1-2H3,(H,61,64)/b16-14-. The van der Waals surface area contributed by atoms with Gasteiger partial charge in [0, 0.05) is 6.42 Å². The number of ether oxygens (including phenoxy) is 2. The second kappa shape index (κ2) is 50.5. The average molecular weight is 981 g/mol. The summed E-state index contributed by atoms with van der Waals surface area (Å²) in [6, 6.07) is -0.720. The Hall–Kier alpha value is -1.07. The Bertz CT molecular complexity index is 1090. The van der Waals surface area contributed by atoms with Gasteiger partial charge in [0.25, 0.3) is 0 Å². The van der Waals surface area contributed by atoms with Crippen LogP contribution in [0.25, 0.3) is 0 Å². The third-order valence-corrected chi connectivity index (χ3v) is 14.9. The Morgan fingerprint density at radius 3 is 1.19 bits per heavy atom. The molecule has 9 heteroatoms. The minimum absolute atomic E-state index is 0.138. The molecule has 1 saturated heterocycles. The molecule has 0 aliphatic carbocycles. The molecule has 1 aliphatic rings. The molecule has 1 rings (SSSR count). The van der Waals surface area contributed by atoms with Gasteiger partial charge in [0.1, 0.15) is 24.4 Å². The third-order valence-electron chi connectivity index (χ3n) is 14.9. The number of aliphatic hydroxyl groups excluding tert-OH is 5.